The maximum Gasteiger partial charge on any atom is 0.264 e. The molecule has 8 nitrogen and oxygen atoms in total. The van der Waals surface area contributed by atoms with Crippen LogP contribution in [0.3, 0.4) is 0 Å². The number of rotatable bonds is 15. The van der Waals surface area contributed by atoms with Gasteiger partial charge in [-0.15, -0.1) is 0 Å². The molecule has 4 aromatic rings. The number of unbranched alkanes of at least 4 members (excludes halogenated alkanes) is 1. The number of nitrogens with one attached hydrogen (secondary N) is 1. The third-order valence-corrected chi connectivity index (χ3v) is 9.32. The lowest BCUT2D eigenvalue weighted by Crippen LogP contribution is -2.53. The molecule has 236 valence electrons. The van der Waals surface area contributed by atoms with Crippen LogP contribution in [0.15, 0.2) is 114 Å². The highest BCUT2D eigenvalue weighted by atomic mass is 35.5. The molecule has 0 radical (unpaired) electrons. The Morgan fingerprint density at radius 1 is 0.867 bits per heavy atom. The third-order valence-electron chi connectivity index (χ3n) is 7.29. The molecule has 1 atom stereocenters. The van der Waals surface area contributed by atoms with Gasteiger partial charge in [0.1, 0.15) is 18.3 Å². The molecule has 0 aliphatic rings. The fraction of sp³-hybridized carbons (Fsp3) is 0.257. The summed E-state index contributed by atoms with van der Waals surface area (Å²) in [5, 5.41) is 3.31. The molecule has 0 aliphatic heterocycles. The molecule has 1 unspecified atom stereocenters. The highest BCUT2D eigenvalue weighted by Crippen LogP contribution is 2.27. The van der Waals surface area contributed by atoms with Crippen LogP contribution >= 0.6 is 11.6 Å². The zero-order valence-corrected chi connectivity index (χ0v) is 27.0. The highest BCUT2D eigenvalue weighted by molar-refractivity contribution is 7.92. The summed E-state index contributed by atoms with van der Waals surface area (Å²) in [6.45, 7) is 1.97. The SMILES string of the molecule is CCCCNC(=O)C(Cc1ccccc1)N(Cc1cccc(OC)c1)C(=O)CN(c1cccc(Cl)c1)S(=O)(=O)c1ccccc1. The summed E-state index contributed by atoms with van der Waals surface area (Å²) < 4.78 is 34.5. The zero-order valence-electron chi connectivity index (χ0n) is 25.4. The van der Waals surface area contributed by atoms with Gasteiger partial charge < -0.3 is 15.0 Å². The van der Waals surface area contributed by atoms with Gasteiger partial charge in [-0.2, -0.15) is 0 Å². The van der Waals surface area contributed by atoms with Crippen LogP contribution in [0.5, 0.6) is 5.75 Å². The molecule has 1 N–H and O–H groups in total. The molecule has 0 bridgehead atoms. The van der Waals surface area contributed by atoms with E-state index in [2.05, 4.69) is 5.32 Å². The average Bonchev–Trinajstić information content (AvgIpc) is 3.06. The van der Waals surface area contributed by atoms with Crippen molar-refractivity contribution in [3.05, 3.63) is 125 Å². The van der Waals surface area contributed by atoms with Gasteiger partial charge in [0.15, 0.2) is 0 Å². The van der Waals surface area contributed by atoms with Crippen molar-refractivity contribution in [2.24, 2.45) is 0 Å². The van der Waals surface area contributed by atoms with Crippen molar-refractivity contribution in [2.75, 3.05) is 24.5 Å². The van der Waals surface area contributed by atoms with E-state index < -0.39 is 28.5 Å². The molecule has 4 rings (SSSR count). The van der Waals surface area contributed by atoms with Crippen molar-refractivity contribution in [1.82, 2.24) is 10.2 Å². The first kappa shape index (κ1) is 33.6. The van der Waals surface area contributed by atoms with Crippen molar-refractivity contribution >= 4 is 39.1 Å². The van der Waals surface area contributed by atoms with Gasteiger partial charge in [0.25, 0.3) is 10.0 Å². The predicted molar refractivity (Wildman–Crippen MR) is 178 cm³/mol. The normalized spacial score (nSPS) is 11.8. The van der Waals surface area contributed by atoms with E-state index in [0.717, 1.165) is 28.3 Å². The molecule has 0 heterocycles. The minimum atomic E-state index is -4.20. The summed E-state index contributed by atoms with van der Waals surface area (Å²) >= 11 is 6.28. The molecule has 0 aliphatic carbocycles. The van der Waals surface area contributed by atoms with Crippen LogP contribution in [0.25, 0.3) is 0 Å². The van der Waals surface area contributed by atoms with Crippen LogP contribution < -0.4 is 14.4 Å². The maximum absolute atomic E-state index is 14.5. The molecule has 4 aromatic carbocycles. The molecular formula is C35H38ClN3O5S. The Labute approximate surface area is 270 Å². The number of carbonyl (C=O) groups is 2. The van der Waals surface area contributed by atoms with Gasteiger partial charge in [-0.1, -0.05) is 91.7 Å². The second kappa shape index (κ2) is 16.1. The summed E-state index contributed by atoms with van der Waals surface area (Å²) in [5.41, 5.74) is 1.82. The number of carbonyl (C=O) groups excluding carboxylic acids is 2. The van der Waals surface area contributed by atoms with E-state index in [-0.39, 0.29) is 29.5 Å². The Balaban J connectivity index is 1.79. The van der Waals surface area contributed by atoms with E-state index in [1.54, 1.807) is 55.6 Å². The molecule has 45 heavy (non-hydrogen) atoms. The highest BCUT2D eigenvalue weighted by Gasteiger charge is 2.34. The van der Waals surface area contributed by atoms with Crippen molar-refractivity contribution in [3.8, 4) is 5.75 Å². The second-order valence-corrected chi connectivity index (χ2v) is 12.8. The summed E-state index contributed by atoms with van der Waals surface area (Å²) in [4.78, 5) is 29.8. The largest absolute Gasteiger partial charge is 0.497 e. The van der Waals surface area contributed by atoms with E-state index in [1.807, 2.05) is 49.4 Å². The van der Waals surface area contributed by atoms with Crippen molar-refractivity contribution in [2.45, 2.75) is 43.7 Å². The van der Waals surface area contributed by atoms with E-state index >= 15 is 0 Å². The minimum Gasteiger partial charge on any atom is -0.497 e. The van der Waals surface area contributed by atoms with Crippen LogP contribution in [0.1, 0.15) is 30.9 Å². The Morgan fingerprint density at radius 3 is 2.20 bits per heavy atom. The first-order chi connectivity index (χ1) is 21.7. The number of nitrogens with zero attached hydrogens (tertiary/aromatic N) is 2. The summed E-state index contributed by atoms with van der Waals surface area (Å²) in [6.07, 6.45) is 1.91. The molecule has 0 fully saturated rings. The quantitative estimate of drug-likeness (QED) is 0.157. The van der Waals surface area contributed by atoms with Crippen LogP contribution in [0, 0.1) is 0 Å². The number of ether oxygens (including phenoxy) is 1. The van der Waals surface area contributed by atoms with Gasteiger partial charge >= 0.3 is 0 Å². The zero-order chi connectivity index (χ0) is 32.2. The number of methoxy groups -OCH3 is 1. The summed E-state index contributed by atoms with van der Waals surface area (Å²) in [6, 6.07) is 30.0. The smallest absolute Gasteiger partial charge is 0.264 e. The van der Waals surface area contributed by atoms with E-state index in [0.29, 0.717) is 17.3 Å². The molecular weight excluding hydrogens is 610 g/mol. The van der Waals surface area contributed by atoms with Crippen molar-refractivity contribution < 1.29 is 22.7 Å². The van der Waals surface area contributed by atoms with Gasteiger partial charge in [0, 0.05) is 24.5 Å². The van der Waals surface area contributed by atoms with E-state index in [9.17, 15) is 18.0 Å². The van der Waals surface area contributed by atoms with Crippen LogP contribution in [0.2, 0.25) is 5.02 Å². The van der Waals surface area contributed by atoms with E-state index in [1.165, 1.54) is 23.1 Å². The maximum atomic E-state index is 14.5. The summed E-state index contributed by atoms with van der Waals surface area (Å²) in [5.74, 6) is -0.272. The molecule has 0 saturated carbocycles. The number of anilines is 1. The van der Waals surface area contributed by atoms with Crippen LogP contribution in [-0.4, -0.2) is 51.4 Å². The van der Waals surface area contributed by atoms with Gasteiger partial charge in [0.2, 0.25) is 11.8 Å². The lowest BCUT2D eigenvalue weighted by Gasteiger charge is -2.34. The summed E-state index contributed by atoms with van der Waals surface area (Å²) in [7, 11) is -2.64. The second-order valence-electron chi connectivity index (χ2n) is 10.5. The fourth-order valence-electron chi connectivity index (χ4n) is 4.91. The first-order valence-corrected chi connectivity index (χ1v) is 16.6. The van der Waals surface area contributed by atoms with E-state index in [4.69, 9.17) is 16.3 Å². The van der Waals surface area contributed by atoms with Crippen LogP contribution in [0.4, 0.5) is 5.69 Å². The van der Waals surface area contributed by atoms with Crippen molar-refractivity contribution in [1.29, 1.82) is 0 Å². The lowest BCUT2D eigenvalue weighted by molar-refractivity contribution is -0.140. The standard InChI is InChI=1S/C35H38ClN3O5S/c1-3-4-21-37-35(41)33(23-27-13-7-5-8-14-27)38(25-28-15-11-18-31(22-28)44-2)34(40)26-39(30-17-12-16-29(36)24-30)45(42,43)32-19-9-6-10-20-32/h5-20,22,24,33H,3-4,21,23,25-26H2,1-2H3,(H,37,41). The van der Waals surface area contributed by atoms with Gasteiger partial charge in [-0.25, -0.2) is 8.42 Å². The fourth-order valence-corrected chi connectivity index (χ4v) is 6.52. The Morgan fingerprint density at radius 2 is 1.53 bits per heavy atom. The lowest BCUT2D eigenvalue weighted by atomic mass is 10.0. The minimum absolute atomic E-state index is 0.0234. The number of hydrogen-bond acceptors (Lipinski definition) is 5. The number of halogens is 1. The Kier molecular flexibility index (Phi) is 12.0. The number of hydrogen-bond donors (Lipinski definition) is 1. The predicted octanol–water partition coefficient (Wildman–Crippen LogP) is 6.10. The molecule has 0 saturated heterocycles. The van der Waals surface area contributed by atoms with Gasteiger partial charge in [-0.05, 0) is 60.0 Å². The third kappa shape index (κ3) is 9.09. The van der Waals surface area contributed by atoms with Crippen molar-refractivity contribution in [3.63, 3.8) is 0 Å². The Hall–Kier alpha value is -4.34. The molecule has 10 heteroatoms. The molecule has 0 aromatic heterocycles. The van der Waals surface area contributed by atoms with Crippen LogP contribution in [-0.2, 0) is 32.6 Å². The number of benzene rings is 4. The number of sulfonamides is 1. The topological polar surface area (TPSA) is 96.0 Å². The Bertz CT molecular complexity index is 1670. The molecule has 0 spiro atoms. The van der Waals surface area contributed by atoms with Gasteiger partial charge in [0.05, 0.1) is 17.7 Å². The average molecular weight is 648 g/mol. The first-order valence-electron chi connectivity index (χ1n) is 14.8. The number of amides is 2. The van der Waals surface area contributed by atoms with Gasteiger partial charge in [-0.3, -0.25) is 13.9 Å². The monoisotopic (exact) mass is 647 g/mol. The molecule has 2 amide bonds.